The molecule has 29 heavy (non-hydrogen) atoms. The van der Waals surface area contributed by atoms with Crippen LogP contribution in [0.15, 0.2) is 69.7 Å². The van der Waals surface area contributed by atoms with Crippen LogP contribution in [0.25, 0.3) is 10.8 Å². The van der Waals surface area contributed by atoms with Crippen molar-refractivity contribution in [1.82, 2.24) is 15.1 Å². The molecule has 7 heteroatoms. The van der Waals surface area contributed by atoms with Gasteiger partial charge in [0.2, 0.25) is 0 Å². The van der Waals surface area contributed by atoms with E-state index >= 15 is 0 Å². The van der Waals surface area contributed by atoms with Gasteiger partial charge >= 0.3 is 0 Å². The topological polar surface area (TPSA) is 69.3 Å². The number of aryl methyl sites for hydroxylation is 1. The van der Waals surface area contributed by atoms with Crippen LogP contribution < -0.4 is 10.1 Å². The Hall–Kier alpha value is -3.06. The van der Waals surface area contributed by atoms with E-state index in [9.17, 15) is 4.79 Å². The number of fused-ring (bicyclic) bond motifs is 1. The number of halogens is 1. The van der Waals surface area contributed by atoms with E-state index in [0.717, 1.165) is 33.2 Å². The van der Waals surface area contributed by atoms with Gasteiger partial charge in [-0.2, -0.15) is 5.10 Å². The van der Waals surface area contributed by atoms with E-state index in [4.69, 9.17) is 9.15 Å². The molecule has 0 saturated carbocycles. The highest BCUT2D eigenvalue weighted by atomic mass is 79.9. The normalized spacial score (nSPS) is 11.0. The molecule has 4 aromatic rings. The number of nitrogens with one attached hydrogen (secondary N) is 1. The van der Waals surface area contributed by atoms with E-state index in [0.29, 0.717) is 12.3 Å². The maximum Gasteiger partial charge on any atom is 0.287 e. The van der Waals surface area contributed by atoms with Crippen LogP contribution in [-0.2, 0) is 19.7 Å². The highest BCUT2D eigenvalue weighted by Gasteiger charge is 2.14. The van der Waals surface area contributed by atoms with Crippen molar-refractivity contribution in [3.63, 3.8) is 0 Å². The zero-order valence-electron chi connectivity index (χ0n) is 15.9. The largest absolute Gasteiger partial charge is 0.486 e. The molecule has 2 aromatic carbocycles. The van der Waals surface area contributed by atoms with E-state index in [1.165, 1.54) is 0 Å². The molecule has 0 aliphatic carbocycles. The Balaban J connectivity index is 1.36. The summed E-state index contributed by atoms with van der Waals surface area (Å²) in [5, 5.41) is 9.37. The fraction of sp³-hybridized carbons (Fsp3) is 0.182. The summed E-state index contributed by atoms with van der Waals surface area (Å²) in [6.45, 7) is 3.34. The van der Waals surface area contributed by atoms with Gasteiger partial charge in [0.1, 0.15) is 18.1 Å². The first-order valence-corrected chi connectivity index (χ1v) is 10.1. The van der Waals surface area contributed by atoms with Crippen molar-refractivity contribution in [3.05, 3.63) is 82.5 Å². The first kappa shape index (κ1) is 19.3. The molecule has 1 amide bonds. The number of carbonyl (C=O) groups is 1. The number of hydrogen-bond donors (Lipinski definition) is 1. The summed E-state index contributed by atoms with van der Waals surface area (Å²) >= 11 is 3.45. The molecule has 0 aliphatic heterocycles. The van der Waals surface area contributed by atoms with Gasteiger partial charge in [-0.05, 0) is 57.9 Å². The fourth-order valence-corrected chi connectivity index (χ4v) is 3.51. The minimum atomic E-state index is -0.280. The van der Waals surface area contributed by atoms with Gasteiger partial charge in [0.25, 0.3) is 5.91 Å². The number of carbonyl (C=O) groups excluding carboxylic acids is 1. The number of aromatic nitrogens is 2. The molecule has 0 fully saturated rings. The maximum atomic E-state index is 12.4. The lowest BCUT2D eigenvalue weighted by molar-refractivity contribution is 0.0918. The molecule has 0 saturated heterocycles. The molecule has 4 rings (SSSR count). The Morgan fingerprint density at radius 1 is 1.17 bits per heavy atom. The Bertz CT molecular complexity index is 1150. The average molecular weight is 454 g/mol. The molecular formula is C22H20BrN3O3. The van der Waals surface area contributed by atoms with Crippen molar-refractivity contribution >= 4 is 32.6 Å². The van der Waals surface area contributed by atoms with Crippen molar-refractivity contribution in [2.45, 2.75) is 26.6 Å². The summed E-state index contributed by atoms with van der Waals surface area (Å²) in [4.78, 5) is 12.4. The number of benzene rings is 2. The summed E-state index contributed by atoms with van der Waals surface area (Å²) in [7, 11) is 0. The minimum Gasteiger partial charge on any atom is -0.486 e. The number of rotatable bonds is 7. The Morgan fingerprint density at radius 3 is 2.83 bits per heavy atom. The summed E-state index contributed by atoms with van der Waals surface area (Å²) in [6, 6.07) is 17.4. The molecule has 148 valence electrons. The van der Waals surface area contributed by atoms with Crippen LogP contribution in [0.4, 0.5) is 0 Å². The molecule has 6 nitrogen and oxygen atoms in total. The van der Waals surface area contributed by atoms with Gasteiger partial charge in [0, 0.05) is 6.54 Å². The number of amides is 1. The first-order chi connectivity index (χ1) is 14.1. The average Bonchev–Trinajstić information content (AvgIpc) is 3.37. The molecule has 0 aliphatic rings. The molecule has 2 aromatic heterocycles. The summed E-state index contributed by atoms with van der Waals surface area (Å²) in [5.74, 6) is 1.31. The van der Waals surface area contributed by atoms with Crippen molar-refractivity contribution in [2.75, 3.05) is 0 Å². The van der Waals surface area contributed by atoms with Gasteiger partial charge in [-0.1, -0.05) is 30.3 Å². The quantitative estimate of drug-likeness (QED) is 0.431. The second kappa shape index (κ2) is 8.53. The number of ether oxygens (including phenoxy) is 1. The third-order valence-electron chi connectivity index (χ3n) is 4.60. The van der Waals surface area contributed by atoms with Crippen LogP contribution in [0, 0.1) is 0 Å². The monoisotopic (exact) mass is 453 g/mol. The molecule has 0 bridgehead atoms. The third-order valence-corrected chi connectivity index (χ3v) is 5.26. The van der Waals surface area contributed by atoms with Crippen molar-refractivity contribution in [2.24, 2.45) is 0 Å². The van der Waals surface area contributed by atoms with Gasteiger partial charge in [0.15, 0.2) is 5.76 Å². The standard InChI is InChI=1S/C22H20BrN3O3/c1-2-26-20(19(23)12-25-26)13-24-22(27)21-10-9-18(29-21)14-28-17-8-7-15-5-3-4-6-16(15)11-17/h3-12H,2,13-14H2,1H3,(H,24,27). The highest BCUT2D eigenvalue weighted by Crippen LogP contribution is 2.22. The van der Waals surface area contributed by atoms with E-state index in [2.05, 4.69) is 32.4 Å². The van der Waals surface area contributed by atoms with Crippen molar-refractivity contribution in [3.8, 4) is 5.75 Å². The number of furan rings is 1. The smallest absolute Gasteiger partial charge is 0.287 e. The second-order valence-electron chi connectivity index (χ2n) is 6.50. The Morgan fingerprint density at radius 2 is 2.00 bits per heavy atom. The zero-order valence-corrected chi connectivity index (χ0v) is 17.5. The van der Waals surface area contributed by atoms with Crippen LogP contribution in [0.3, 0.4) is 0 Å². The predicted molar refractivity (Wildman–Crippen MR) is 114 cm³/mol. The van der Waals surface area contributed by atoms with E-state index in [-0.39, 0.29) is 18.3 Å². The lowest BCUT2D eigenvalue weighted by Gasteiger charge is -2.07. The zero-order chi connectivity index (χ0) is 20.2. The summed E-state index contributed by atoms with van der Waals surface area (Å²) < 4.78 is 14.1. The molecule has 0 unspecified atom stereocenters. The van der Waals surface area contributed by atoms with E-state index < -0.39 is 0 Å². The maximum absolute atomic E-state index is 12.4. The van der Waals surface area contributed by atoms with E-state index in [1.807, 2.05) is 48.0 Å². The molecule has 0 spiro atoms. The van der Waals surface area contributed by atoms with Crippen LogP contribution in [-0.4, -0.2) is 15.7 Å². The van der Waals surface area contributed by atoms with Crippen LogP contribution >= 0.6 is 15.9 Å². The summed E-state index contributed by atoms with van der Waals surface area (Å²) in [6.07, 6.45) is 1.72. The molecule has 1 N–H and O–H groups in total. The molecule has 2 heterocycles. The fourth-order valence-electron chi connectivity index (χ4n) is 3.08. The number of nitrogens with zero attached hydrogens (tertiary/aromatic N) is 2. The lowest BCUT2D eigenvalue weighted by Crippen LogP contribution is -2.24. The van der Waals surface area contributed by atoms with Gasteiger partial charge in [-0.25, -0.2) is 0 Å². The van der Waals surface area contributed by atoms with Gasteiger partial charge < -0.3 is 14.5 Å². The Labute approximate surface area is 176 Å². The SMILES string of the molecule is CCn1ncc(Br)c1CNC(=O)c1ccc(COc2ccc3ccccc3c2)o1. The third kappa shape index (κ3) is 4.35. The van der Waals surface area contributed by atoms with Crippen molar-refractivity contribution in [1.29, 1.82) is 0 Å². The lowest BCUT2D eigenvalue weighted by atomic mass is 10.1. The van der Waals surface area contributed by atoms with Gasteiger partial charge in [-0.3, -0.25) is 9.48 Å². The first-order valence-electron chi connectivity index (χ1n) is 9.32. The van der Waals surface area contributed by atoms with Gasteiger partial charge in [-0.15, -0.1) is 0 Å². The predicted octanol–water partition coefficient (Wildman–Crippen LogP) is 4.92. The van der Waals surface area contributed by atoms with Gasteiger partial charge in [0.05, 0.1) is 22.9 Å². The van der Waals surface area contributed by atoms with Crippen LogP contribution in [0.5, 0.6) is 5.75 Å². The highest BCUT2D eigenvalue weighted by molar-refractivity contribution is 9.10. The summed E-state index contributed by atoms with van der Waals surface area (Å²) in [5.41, 5.74) is 0.910. The number of hydrogen-bond acceptors (Lipinski definition) is 4. The van der Waals surface area contributed by atoms with Crippen molar-refractivity contribution < 1.29 is 13.9 Å². The molecule has 0 radical (unpaired) electrons. The second-order valence-corrected chi connectivity index (χ2v) is 7.36. The Kier molecular flexibility index (Phi) is 5.67. The minimum absolute atomic E-state index is 0.250. The molecular weight excluding hydrogens is 434 g/mol. The van der Waals surface area contributed by atoms with E-state index in [1.54, 1.807) is 18.3 Å². The van der Waals surface area contributed by atoms with Crippen LogP contribution in [0.1, 0.15) is 28.9 Å². The molecule has 0 atom stereocenters. The van der Waals surface area contributed by atoms with Crippen LogP contribution in [0.2, 0.25) is 0 Å².